The second-order valence-electron chi connectivity index (χ2n) is 5.81. The molecule has 1 aliphatic heterocycles. The van der Waals surface area contributed by atoms with Crippen molar-refractivity contribution in [3.8, 4) is 17.1 Å². The maximum absolute atomic E-state index is 12.2. The van der Waals surface area contributed by atoms with E-state index in [4.69, 9.17) is 14.0 Å². The molecule has 3 aromatic rings. The Bertz CT molecular complexity index is 1010. The number of esters is 1. The highest BCUT2D eigenvalue weighted by atomic mass is 16.6. The molecular formula is C18H13N3O6. The minimum atomic E-state index is -0.500. The van der Waals surface area contributed by atoms with Crippen molar-refractivity contribution >= 4 is 11.7 Å². The number of carbonyl (C=O) groups is 1. The molecule has 0 aliphatic carbocycles. The molecule has 0 fully saturated rings. The first-order valence-corrected chi connectivity index (χ1v) is 8.10. The highest BCUT2D eigenvalue weighted by molar-refractivity contribution is 5.89. The summed E-state index contributed by atoms with van der Waals surface area (Å²) in [5, 5.41) is 14.5. The minimum absolute atomic E-state index is 0.0313. The van der Waals surface area contributed by atoms with Crippen LogP contribution in [0.15, 0.2) is 47.0 Å². The van der Waals surface area contributed by atoms with Crippen molar-refractivity contribution in [2.24, 2.45) is 0 Å². The zero-order valence-corrected chi connectivity index (χ0v) is 14.0. The molecule has 0 radical (unpaired) electrons. The van der Waals surface area contributed by atoms with E-state index in [1.54, 1.807) is 18.2 Å². The molecule has 0 bridgehead atoms. The van der Waals surface area contributed by atoms with Gasteiger partial charge in [-0.25, -0.2) is 4.79 Å². The van der Waals surface area contributed by atoms with E-state index < -0.39 is 10.9 Å². The standard InChI is InChI=1S/C18H13N3O6/c22-18(13-3-6-15-12(9-13)7-8-25-15)26-10-16-19-17(20-27-16)11-1-4-14(5-2-11)21(23)24/h1-6,9H,7-8,10H2. The predicted molar refractivity (Wildman–Crippen MR) is 91.1 cm³/mol. The third kappa shape index (κ3) is 3.47. The maximum atomic E-state index is 12.2. The van der Waals surface area contributed by atoms with Crippen LogP contribution in [0, 0.1) is 10.1 Å². The first-order chi connectivity index (χ1) is 13.1. The number of benzene rings is 2. The lowest BCUT2D eigenvalue weighted by Crippen LogP contribution is -2.05. The predicted octanol–water partition coefficient (Wildman–Crippen LogP) is 2.94. The van der Waals surface area contributed by atoms with Crippen molar-refractivity contribution in [3.63, 3.8) is 0 Å². The average molecular weight is 367 g/mol. The van der Waals surface area contributed by atoms with Crippen LogP contribution < -0.4 is 4.74 Å². The van der Waals surface area contributed by atoms with Gasteiger partial charge in [-0.15, -0.1) is 0 Å². The summed E-state index contributed by atoms with van der Waals surface area (Å²) in [5.74, 6) is 0.669. The molecule has 1 aliphatic rings. The summed E-state index contributed by atoms with van der Waals surface area (Å²) < 4.78 is 15.7. The molecule has 136 valence electrons. The van der Waals surface area contributed by atoms with Gasteiger partial charge in [0.1, 0.15) is 5.75 Å². The van der Waals surface area contributed by atoms with Gasteiger partial charge >= 0.3 is 5.97 Å². The molecule has 1 aromatic heterocycles. The Kier molecular flexibility index (Phi) is 4.25. The van der Waals surface area contributed by atoms with Gasteiger partial charge < -0.3 is 14.0 Å². The fourth-order valence-electron chi connectivity index (χ4n) is 2.69. The largest absolute Gasteiger partial charge is 0.493 e. The van der Waals surface area contributed by atoms with E-state index in [9.17, 15) is 14.9 Å². The van der Waals surface area contributed by atoms with Gasteiger partial charge in [0.2, 0.25) is 5.82 Å². The first kappa shape index (κ1) is 16.7. The lowest BCUT2D eigenvalue weighted by molar-refractivity contribution is -0.384. The van der Waals surface area contributed by atoms with Crippen LogP contribution >= 0.6 is 0 Å². The Labute approximate surface area is 152 Å². The number of ether oxygens (including phenoxy) is 2. The number of nitro benzene ring substituents is 1. The smallest absolute Gasteiger partial charge is 0.338 e. The molecule has 0 N–H and O–H groups in total. The fourth-order valence-corrected chi connectivity index (χ4v) is 2.69. The zero-order chi connectivity index (χ0) is 18.8. The molecule has 0 unspecified atom stereocenters. The number of nitro groups is 1. The van der Waals surface area contributed by atoms with Crippen LogP contribution in [0.5, 0.6) is 5.75 Å². The topological polar surface area (TPSA) is 118 Å². The molecule has 0 saturated carbocycles. The number of rotatable bonds is 5. The molecule has 0 saturated heterocycles. The van der Waals surface area contributed by atoms with Crippen LogP contribution in [0.1, 0.15) is 21.8 Å². The SMILES string of the molecule is O=C(OCc1nc(-c2ccc([N+](=O)[O-])cc2)no1)c1ccc2c(c1)CCO2. The number of hydrogen-bond acceptors (Lipinski definition) is 8. The maximum Gasteiger partial charge on any atom is 0.338 e. The zero-order valence-electron chi connectivity index (χ0n) is 14.0. The molecule has 0 spiro atoms. The van der Waals surface area contributed by atoms with Gasteiger partial charge in [0, 0.05) is 24.1 Å². The van der Waals surface area contributed by atoms with Crippen molar-refractivity contribution < 1.29 is 23.7 Å². The summed E-state index contributed by atoms with van der Waals surface area (Å²) in [5.41, 5.74) is 1.92. The van der Waals surface area contributed by atoms with Gasteiger partial charge in [0.15, 0.2) is 6.61 Å². The summed E-state index contributed by atoms with van der Waals surface area (Å²) in [7, 11) is 0. The fraction of sp³-hybridized carbons (Fsp3) is 0.167. The van der Waals surface area contributed by atoms with E-state index in [1.165, 1.54) is 24.3 Å². The third-order valence-electron chi connectivity index (χ3n) is 4.06. The quantitative estimate of drug-likeness (QED) is 0.384. The van der Waals surface area contributed by atoms with Gasteiger partial charge in [0.25, 0.3) is 11.6 Å². The van der Waals surface area contributed by atoms with Gasteiger partial charge in [-0.1, -0.05) is 5.16 Å². The average Bonchev–Trinajstić information content (AvgIpc) is 3.35. The summed E-state index contributed by atoms with van der Waals surface area (Å²) in [6, 6.07) is 10.9. The molecule has 9 heteroatoms. The van der Waals surface area contributed by atoms with Crippen molar-refractivity contribution in [1.29, 1.82) is 0 Å². The number of hydrogen-bond donors (Lipinski definition) is 0. The van der Waals surface area contributed by atoms with Gasteiger partial charge in [-0.05, 0) is 35.9 Å². The molecule has 9 nitrogen and oxygen atoms in total. The van der Waals surface area contributed by atoms with E-state index in [2.05, 4.69) is 10.1 Å². The monoisotopic (exact) mass is 367 g/mol. The van der Waals surface area contributed by atoms with Gasteiger partial charge in [-0.2, -0.15) is 4.98 Å². The van der Waals surface area contributed by atoms with E-state index in [0.29, 0.717) is 17.7 Å². The lowest BCUT2D eigenvalue weighted by Gasteiger charge is -2.04. The van der Waals surface area contributed by atoms with E-state index in [1.807, 2.05) is 0 Å². The van der Waals surface area contributed by atoms with Crippen LogP contribution in [0.25, 0.3) is 11.4 Å². The normalized spacial score (nSPS) is 12.3. The molecule has 27 heavy (non-hydrogen) atoms. The molecule has 2 aromatic carbocycles. The van der Waals surface area contributed by atoms with Crippen molar-refractivity contribution in [1.82, 2.24) is 10.1 Å². The van der Waals surface area contributed by atoms with Crippen molar-refractivity contribution in [2.45, 2.75) is 13.0 Å². The van der Waals surface area contributed by atoms with Crippen LogP contribution in [-0.2, 0) is 17.8 Å². The third-order valence-corrected chi connectivity index (χ3v) is 4.06. The van der Waals surface area contributed by atoms with E-state index in [0.717, 1.165) is 17.7 Å². The summed E-state index contributed by atoms with van der Waals surface area (Å²) in [4.78, 5) is 26.5. The molecule has 0 atom stereocenters. The Morgan fingerprint density at radius 3 is 2.81 bits per heavy atom. The molecule has 2 heterocycles. The van der Waals surface area contributed by atoms with Crippen molar-refractivity contribution in [2.75, 3.05) is 6.61 Å². The minimum Gasteiger partial charge on any atom is -0.493 e. The van der Waals surface area contributed by atoms with Gasteiger partial charge in [-0.3, -0.25) is 10.1 Å². The Balaban J connectivity index is 1.40. The molecular weight excluding hydrogens is 354 g/mol. The van der Waals surface area contributed by atoms with Crippen LogP contribution in [0.3, 0.4) is 0 Å². The van der Waals surface area contributed by atoms with Crippen LogP contribution in [-0.4, -0.2) is 27.6 Å². The van der Waals surface area contributed by atoms with E-state index >= 15 is 0 Å². The summed E-state index contributed by atoms with van der Waals surface area (Å²) in [6.45, 7) is 0.438. The second-order valence-corrected chi connectivity index (χ2v) is 5.81. The Morgan fingerprint density at radius 1 is 1.22 bits per heavy atom. The Morgan fingerprint density at radius 2 is 2.04 bits per heavy atom. The van der Waals surface area contributed by atoms with E-state index in [-0.39, 0.29) is 24.0 Å². The van der Waals surface area contributed by atoms with Crippen LogP contribution in [0.2, 0.25) is 0 Å². The van der Waals surface area contributed by atoms with Crippen LogP contribution in [0.4, 0.5) is 5.69 Å². The summed E-state index contributed by atoms with van der Waals surface area (Å²) >= 11 is 0. The number of non-ortho nitro benzene ring substituents is 1. The number of aromatic nitrogens is 2. The highest BCUT2D eigenvalue weighted by Gasteiger charge is 2.17. The highest BCUT2D eigenvalue weighted by Crippen LogP contribution is 2.26. The summed E-state index contributed by atoms with van der Waals surface area (Å²) in [6.07, 6.45) is 0.763. The second kappa shape index (κ2) is 6.87. The molecule has 0 amide bonds. The van der Waals surface area contributed by atoms with Crippen molar-refractivity contribution in [3.05, 3.63) is 69.6 Å². The lowest BCUT2D eigenvalue weighted by atomic mass is 10.1. The Hall–Kier alpha value is -3.75. The molecule has 4 rings (SSSR count). The first-order valence-electron chi connectivity index (χ1n) is 8.10. The number of fused-ring (bicyclic) bond motifs is 1. The van der Waals surface area contributed by atoms with Gasteiger partial charge in [0.05, 0.1) is 17.1 Å². The number of nitrogens with zero attached hydrogens (tertiary/aromatic N) is 3. The number of carbonyl (C=O) groups excluding carboxylic acids is 1.